The minimum Gasteiger partial charge on any atom is -0.457 e. The van der Waals surface area contributed by atoms with Gasteiger partial charge >= 0.3 is 18.2 Å². The number of carbonyl (C=O) groups excluding carboxylic acids is 3. The summed E-state index contributed by atoms with van der Waals surface area (Å²) >= 11 is 0. The van der Waals surface area contributed by atoms with Gasteiger partial charge in [-0.15, -0.1) is 0 Å². The minimum atomic E-state index is -1.57. The third-order valence-corrected chi connectivity index (χ3v) is 5.34. The lowest BCUT2D eigenvalue weighted by molar-refractivity contribution is -0.168. The predicted octanol–water partition coefficient (Wildman–Crippen LogP) is 1.63. The Labute approximate surface area is 196 Å². The van der Waals surface area contributed by atoms with Crippen LogP contribution in [0.4, 0.5) is 9.59 Å². The molecular formula is C24H28N2O8. The molecule has 2 aromatic rings. The molecule has 2 aromatic carbocycles. The SMILES string of the molecule is CC(=O)O[C@H]1[C@@H](O)[C@@H](O)[C@@H](NC(=O)OCc2ccccc2)C[C@@H]1NC(=O)OCc1ccccc1. The molecule has 182 valence electrons. The van der Waals surface area contributed by atoms with E-state index in [4.69, 9.17) is 14.2 Å². The van der Waals surface area contributed by atoms with E-state index in [-0.39, 0.29) is 19.6 Å². The van der Waals surface area contributed by atoms with Crippen LogP contribution < -0.4 is 10.6 Å². The normalized spacial score (nSPS) is 23.9. The number of aliphatic hydroxyl groups excluding tert-OH is 2. The molecule has 0 radical (unpaired) electrons. The molecule has 1 aliphatic rings. The first kappa shape index (κ1) is 25.0. The second-order valence-electron chi connectivity index (χ2n) is 7.92. The van der Waals surface area contributed by atoms with Crippen LogP contribution in [0.3, 0.4) is 0 Å². The molecule has 3 rings (SSSR count). The number of aliphatic hydroxyl groups is 2. The van der Waals surface area contributed by atoms with Gasteiger partial charge in [0.05, 0.1) is 12.1 Å². The van der Waals surface area contributed by atoms with E-state index in [1.165, 1.54) is 0 Å². The van der Waals surface area contributed by atoms with Crippen molar-refractivity contribution < 1.29 is 38.8 Å². The molecule has 34 heavy (non-hydrogen) atoms. The van der Waals surface area contributed by atoms with Gasteiger partial charge in [-0.1, -0.05) is 60.7 Å². The zero-order valence-corrected chi connectivity index (χ0v) is 18.6. The molecule has 0 unspecified atom stereocenters. The van der Waals surface area contributed by atoms with Gasteiger partial charge in [-0.05, 0) is 17.5 Å². The third kappa shape index (κ3) is 7.19. The van der Waals surface area contributed by atoms with Crippen molar-refractivity contribution in [2.24, 2.45) is 0 Å². The molecule has 5 atom stereocenters. The number of ether oxygens (including phenoxy) is 3. The summed E-state index contributed by atoms with van der Waals surface area (Å²) in [6.07, 6.45) is -5.94. The maximum Gasteiger partial charge on any atom is 0.407 e. The number of hydrogen-bond acceptors (Lipinski definition) is 8. The number of carbonyl (C=O) groups is 3. The minimum absolute atomic E-state index is 0.0102. The highest BCUT2D eigenvalue weighted by Gasteiger charge is 2.46. The lowest BCUT2D eigenvalue weighted by Gasteiger charge is -2.42. The summed E-state index contributed by atoms with van der Waals surface area (Å²) in [5, 5.41) is 26.1. The van der Waals surface area contributed by atoms with Crippen molar-refractivity contribution in [1.82, 2.24) is 10.6 Å². The maximum absolute atomic E-state index is 12.4. The third-order valence-electron chi connectivity index (χ3n) is 5.34. The molecule has 0 aliphatic heterocycles. The molecular weight excluding hydrogens is 444 g/mol. The average molecular weight is 472 g/mol. The van der Waals surface area contributed by atoms with Gasteiger partial charge in [-0.25, -0.2) is 9.59 Å². The highest BCUT2D eigenvalue weighted by molar-refractivity contribution is 5.69. The largest absolute Gasteiger partial charge is 0.457 e. The first-order valence-electron chi connectivity index (χ1n) is 10.8. The van der Waals surface area contributed by atoms with Crippen molar-refractivity contribution in [2.75, 3.05) is 0 Å². The van der Waals surface area contributed by atoms with E-state index in [2.05, 4.69) is 10.6 Å². The Morgan fingerprint density at radius 1 is 0.794 bits per heavy atom. The number of nitrogens with one attached hydrogen (secondary N) is 2. The monoisotopic (exact) mass is 472 g/mol. The van der Waals surface area contributed by atoms with Crippen molar-refractivity contribution in [3.05, 3.63) is 71.8 Å². The summed E-state index contributed by atoms with van der Waals surface area (Å²) in [6, 6.07) is 16.1. The number of amides is 2. The summed E-state index contributed by atoms with van der Waals surface area (Å²) in [5.41, 5.74) is 1.55. The van der Waals surface area contributed by atoms with Crippen LogP contribution >= 0.6 is 0 Å². The van der Waals surface area contributed by atoms with Crippen LogP contribution in [0.25, 0.3) is 0 Å². The molecule has 0 aromatic heterocycles. The fraction of sp³-hybridized carbons (Fsp3) is 0.375. The first-order valence-corrected chi connectivity index (χ1v) is 10.8. The van der Waals surface area contributed by atoms with Crippen LogP contribution in [0, 0.1) is 0 Å². The van der Waals surface area contributed by atoms with Gasteiger partial charge in [0.25, 0.3) is 0 Å². The number of alkyl carbamates (subject to hydrolysis) is 2. The van der Waals surface area contributed by atoms with Crippen molar-refractivity contribution in [3.8, 4) is 0 Å². The number of rotatable bonds is 7. The zero-order valence-electron chi connectivity index (χ0n) is 18.6. The van der Waals surface area contributed by atoms with E-state index >= 15 is 0 Å². The Kier molecular flexibility index (Phi) is 8.83. The molecule has 0 bridgehead atoms. The Balaban J connectivity index is 1.61. The summed E-state index contributed by atoms with van der Waals surface area (Å²) in [6.45, 7) is 1.17. The number of esters is 1. The molecule has 0 spiro atoms. The fourth-order valence-electron chi connectivity index (χ4n) is 3.68. The van der Waals surface area contributed by atoms with Crippen molar-refractivity contribution in [3.63, 3.8) is 0 Å². The zero-order chi connectivity index (χ0) is 24.5. The number of hydrogen-bond donors (Lipinski definition) is 4. The quantitative estimate of drug-likeness (QED) is 0.352. The van der Waals surface area contributed by atoms with Crippen LogP contribution in [-0.2, 0) is 32.2 Å². The molecule has 1 fully saturated rings. The van der Waals surface area contributed by atoms with Gasteiger partial charge in [0.2, 0.25) is 0 Å². The van der Waals surface area contributed by atoms with Crippen LogP contribution in [0.5, 0.6) is 0 Å². The molecule has 0 saturated heterocycles. The molecule has 10 nitrogen and oxygen atoms in total. The topological polar surface area (TPSA) is 143 Å². The van der Waals surface area contributed by atoms with Crippen molar-refractivity contribution in [2.45, 2.75) is 57.0 Å². The maximum atomic E-state index is 12.4. The molecule has 4 N–H and O–H groups in total. The Morgan fingerprint density at radius 3 is 1.74 bits per heavy atom. The van der Waals surface area contributed by atoms with E-state index < -0.39 is 48.6 Å². The summed E-state index contributed by atoms with van der Waals surface area (Å²) < 4.78 is 15.5. The van der Waals surface area contributed by atoms with Crippen LogP contribution in [0.1, 0.15) is 24.5 Å². The molecule has 1 aliphatic carbocycles. The van der Waals surface area contributed by atoms with Gasteiger partial charge in [0, 0.05) is 6.92 Å². The Bertz CT molecular complexity index is 956. The van der Waals surface area contributed by atoms with E-state index in [1.807, 2.05) is 12.1 Å². The summed E-state index contributed by atoms with van der Waals surface area (Å²) in [5.74, 6) is -0.700. The highest BCUT2D eigenvalue weighted by Crippen LogP contribution is 2.24. The second kappa shape index (κ2) is 12.0. The second-order valence-corrected chi connectivity index (χ2v) is 7.92. The Morgan fingerprint density at radius 2 is 1.26 bits per heavy atom. The van der Waals surface area contributed by atoms with Gasteiger partial charge in [0.15, 0.2) is 6.10 Å². The standard InChI is InChI=1S/C24H28N2O8/c1-15(27)34-22-19(26-24(31)33-14-17-10-6-3-7-11-17)12-18(20(28)21(22)29)25-23(30)32-13-16-8-4-2-5-9-16/h2-11,18-22,28-29H,12-14H2,1H3,(H,25,30)(H,26,31)/t18-,19-,20-,21-,22+/m0/s1. The molecule has 10 heteroatoms. The highest BCUT2D eigenvalue weighted by atomic mass is 16.6. The Hall–Kier alpha value is -3.63. The lowest BCUT2D eigenvalue weighted by atomic mass is 9.83. The summed E-state index contributed by atoms with van der Waals surface area (Å²) in [4.78, 5) is 36.2. The smallest absolute Gasteiger partial charge is 0.407 e. The van der Waals surface area contributed by atoms with Crippen molar-refractivity contribution >= 4 is 18.2 Å². The van der Waals surface area contributed by atoms with E-state index in [9.17, 15) is 24.6 Å². The van der Waals surface area contributed by atoms with E-state index in [0.29, 0.717) is 0 Å². The molecule has 1 saturated carbocycles. The van der Waals surface area contributed by atoms with E-state index in [0.717, 1.165) is 18.1 Å². The lowest BCUT2D eigenvalue weighted by Crippen LogP contribution is -2.65. The molecule has 0 heterocycles. The van der Waals surface area contributed by atoms with Crippen LogP contribution in [0.15, 0.2) is 60.7 Å². The first-order chi connectivity index (χ1) is 16.3. The van der Waals surface area contributed by atoms with E-state index in [1.54, 1.807) is 48.5 Å². The van der Waals surface area contributed by atoms with Crippen LogP contribution in [0.2, 0.25) is 0 Å². The van der Waals surface area contributed by atoms with Gasteiger partial charge in [-0.3, -0.25) is 4.79 Å². The van der Waals surface area contributed by atoms with Crippen LogP contribution in [-0.4, -0.2) is 58.8 Å². The average Bonchev–Trinajstić information content (AvgIpc) is 2.83. The van der Waals surface area contributed by atoms with Gasteiger partial charge in [-0.2, -0.15) is 0 Å². The van der Waals surface area contributed by atoms with Crippen molar-refractivity contribution in [1.29, 1.82) is 0 Å². The number of benzene rings is 2. The summed E-state index contributed by atoms with van der Waals surface area (Å²) in [7, 11) is 0. The van der Waals surface area contributed by atoms with Gasteiger partial charge < -0.3 is 35.1 Å². The molecule has 2 amide bonds. The fourth-order valence-corrected chi connectivity index (χ4v) is 3.68. The van der Waals surface area contributed by atoms with Gasteiger partial charge in [0.1, 0.15) is 25.4 Å². The predicted molar refractivity (Wildman–Crippen MR) is 119 cm³/mol.